The van der Waals surface area contributed by atoms with E-state index in [0.29, 0.717) is 4.96 Å². The first-order chi connectivity index (χ1) is 12.9. The first kappa shape index (κ1) is 18.0. The van der Waals surface area contributed by atoms with Gasteiger partial charge in [0, 0.05) is 36.7 Å². The predicted molar refractivity (Wildman–Crippen MR) is 108 cm³/mol. The normalized spacial score (nSPS) is 21.0. The highest BCUT2D eigenvalue weighted by atomic mass is 32.1. The van der Waals surface area contributed by atoms with Crippen LogP contribution in [0.15, 0.2) is 41.2 Å². The third-order valence-corrected chi connectivity index (χ3v) is 6.57. The minimum absolute atomic E-state index is 0.0323. The summed E-state index contributed by atoms with van der Waals surface area (Å²) in [6.45, 7) is 6.44. The van der Waals surface area contributed by atoms with Gasteiger partial charge in [0.25, 0.3) is 5.56 Å². The first-order valence-electron chi connectivity index (χ1n) is 9.24. The summed E-state index contributed by atoms with van der Waals surface area (Å²) in [5, 5.41) is 5.32. The van der Waals surface area contributed by atoms with Crippen LogP contribution < -0.4 is 15.2 Å². The Bertz CT molecular complexity index is 1010. The molecule has 0 N–H and O–H groups in total. The number of aryl methyl sites for hydroxylation is 1. The SMILES string of the molecule is CCc1cc(=O)n2nc(N(C)C3CC(Oc4ccccc4)C3(C)C)sc2n1. The standard InChI is InChI=1S/C20H24N4O2S/c1-5-13-11-17(25)24-18(21-13)27-19(22-24)23(4)15-12-16(20(15,2)3)26-14-9-7-6-8-10-14/h6-11,15-16H,5,12H2,1-4H3. The molecule has 0 spiro atoms. The van der Waals surface area contributed by atoms with Gasteiger partial charge in [0.2, 0.25) is 10.1 Å². The summed E-state index contributed by atoms with van der Waals surface area (Å²) < 4.78 is 7.58. The van der Waals surface area contributed by atoms with Gasteiger partial charge in [-0.2, -0.15) is 4.52 Å². The number of fused-ring (bicyclic) bond motifs is 1. The lowest BCUT2D eigenvalue weighted by molar-refractivity contribution is -0.0416. The molecule has 4 rings (SSSR count). The highest BCUT2D eigenvalue weighted by molar-refractivity contribution is 7.20. The van der Waals surface area contributed by atoms with Gasteiger partial charge in [0.15, 0.2) is 0 Å². The van der Waals surface area contributed by atoms with Crippen LogP contribution in [0.25, 0.3) is 4.96 Å². The van der Waals surface area contributed by atoms with Gasteiger partial charge in [-0.1, -0.05) is 50.3 Å². The molecule has 1 aliphatic rings. The maximum atomic E-state index is 12.3. The molecule has 0 radical (unpaired) electrons. The Kier molecular flexibility index (Phi) is 4.42. The Morgan fingerprint density at radius 1 is 1.33 bits per heavy atom. The van der Waals surface area contributed by atoms with Gasteiger partial charge < -0.3 is 9.64 Å². The zero-order valence-corrected chi connectivity index (χ0v) is 16.9. The quantitative estimate of drug-likeness (QED) is 0.675. The molecule has 1 aromatic carbocycles. The minimum atomic E-state index is -0.120. The number of benzene rings is 1. The van der Waals surface area contributed by atoms with Crippen molar-refractivity contribution in [1.29, 1.82) is 0 Å². The molecule has 2 aromatic heterocycles. The number of aromatic nitrogens is 3. The van der Waals surface area contributed by atoms with Crippen LogP contribution in [0, 0.1) is 5.41 Å². The van der Waals surface area contributed by atoms with Crippen LogP contribution in [-0.2, 0) is 6.42 Å². The summed E-state index contributed by atoms with van der Waals surface area (Å²) in [7, 11) is 2.04. The lowest BCUT2D eigenvalue weighted by Crippen LogP contribution is -2.62. The molecule has 27 heavy (non-hydrogen) atoms. The van der Waals surface area contributed by atoms with E-state index in [2.05, 4.69) is 28.8 Å². The lowest BCUT2D eigenvalue weighted by atomic mass is 9.64. The molecule has 0 bridgehead atoms. The molecule has 7 heteroatoms. The van der Waals surface area contributed by atoms with Crippen LogP contribution in [0.1, 0.15) is 32.9 Å². The van der Waals surface area contributed by atoms with E-state index in [1.54, 1.807) is 6.07 Å². The van der Waals surface area contributed by atoms with E-state index in [4.69, 9.17) is 4.74 Å². The maximum Gasteiger partial charge on any atom is 0.275 e. The van der Waals surface area contributed by atoms with Crippen molar-refractivity contribution in [2.45, 2.75) is 45.8 Å². The Morgan fingerprint density at radius 3 is 2.74 bits per heavy atom. The van der Waals surface area contributed by atoms with Crippen molar-refractivity contribution in [3.8, 4) is 5.75 Å². The number of hydrogen-bond donors (Lipinski definition) is 0. The molecule has 0 amide bonds. The molecule has 1 fully saturated rings. The smallest absolute Gasteiger partial charge is 0.275 e. The molecule has 2 unspecified atom stereocenters. The van der Waals surface area contributed by atoms with Gasteiger partial charge in [-0.3, -0.25) is 4.79 Å². The first-order valence-corrected chi connectivity index (χ1v) is 10.1. The lowest BCUT2D eigenvalue weighted by Gasteiger charge is -2.54. The zero-order chi connectivity index (χ0) is 19.2. The van der Waals surface area contributed by atoms with Gasteiger partial charge >= 0.3 is 0 Å². The number of rotatable bonds is 5. The van der Waals surface area contributed by atoms with Crippen molar-refractivity contribution >= 4 is 21.4 Å². The second-order valence-corrected chi connectivity index (χ2v) is 8.56. The molecule has 2 atom stereocenters. The highest BCUT2D eigenvalue weighted by Crippen LogP contribution is 2.47. The Hall–Kier alpha value is -2.41. The molecule has 3 aromatic rings. The second-order valence-electron chi connectivity index (χ2n) is 7.62. The fourth-order valence-corrected chi connectivity index (χ4v) is 4.63. The highest BCUT2D eigenvalue weighted by Gasteiger charge is 2.52. The van der Waals surface area contributed by atoms with Crippen LogP contribution in [-0.4, -0.2) is 33.8 Å². The predicted octanol–water partition coefficient (Wildman–Crippen LogP) is 3.40. The van der Waals surface area contributed by atoms with E-state index < -0.39 is 0 Å². The van der Waals surface area contributed by atoms with Crippen LogP contribution in [0.3, 0.4) is 0 Å². The topological polar surface area (TPSA) is 59.7 Å². The molecule has 6 nitrogen and oxygen atoms in total. The van der Waals surface area contributed by atoms with Gasteiger partial charge in [-0.25, -0.2) is 4.98 Å². The van der Waals surface area contributed by atoms with E-state index >= 15 is 0 Å². The van der Waals surface area contributed by atoms with Crippen molar-refractivity contribution in [2.24, 2.45) is 5.41 Å². The van der Waals surface area contributed by atoms with E-state index in [1.807, 2.05) is 44.3 Å². The monoisotopic (exact) mass is 384 g/mol. The summed E-state index contributed by atoms with van der Waals surface area (Å²) in [6, 6.07) is 11.8. The van der Waals surface area contributed by atoms with Gasteiger partial charge in [0.1, 0.15) is 11.9 Å². The van der Waals surface area contributed by atoms with Crippen molar-refractivity contribution in [3.05, 3.63) is 52.4 Å². The third kappa shape index (κ3) is 3.10. The fourth-order valence-electron chi connectivity index (χ4n) is 3.69. The van der Waals surface area contributed by atoms with E-state index in [9.17, 15) is 4.79 Å². The molecule has 1 aliphatic carbocycles. The maximum absolute atomic E-state index is 12.3. The third-order valence-electron chi connectivity index (χ3n) is 5.57. The summed E-state index contributed by atoms with van der Waals surface area (Å²) in [5.41, 5.74) is 0.652. The fraction of sp³-hybridized carbons (Fsp3) is 0.450. The van der Waals surface area contributed by atoms with E-state index in [-0.39, 0.29) is 23.1 Å². The van der Waals surface area contributed by atoms with Crippen molar-refractivity contribution in [2.75, 3.05) is 11.9 Å². The van der Waals surface area contributed by atoms with Crippen molar-refractivity contribution in [1.82, 2.24) is 14.6 Å². The number of anilines is 1. The largest absolute Gasteiger partial charge is 0.490 e. The second kappa shape index (κ2) is 6.64. The minimum Gasteiger partial charge on any atom is -0.490 e. The molecule has 0 aliphatic heterocycles. The molecular weight excluding hydrogens is 360 g/mol. The Balaban J connectivity index is 1.55. The molecular formula is C20H24N4O2S. The van der Waals surface area contributed by atoms with Crippen LogP contribution in [0.2, 0.25) is 0 Å². The Morgan fingerprint density at radius 2 is 2.07 bits per heavy atom. The van der Waals surface area contributed by atoms with Crippen LogP contribution in [0.5, 0.6) is 5.75 Å². The zero-order valence-electron chi connectivity index (χ0n) is 16.0. The summed E-state index contributed by atoms with van der Waals surface area (Å²) in [5.74, 6) is 0.902. The van der Waals surface area contributed by atoms with Gasteiger partial charge in [-0.05, 0) is 18.6 Å². The molecule has 0 saturated heterocycles. The number of nitrogens with zero attached hydrogens (tertiary/aromatic N) is 4. The van der Waals surface area contributed by atoms with Gasteiger partial charge in [-0.15, -0.1) is 5.10 Å². The Labute approximate surface area is 162 Å². The summed E-state index contributed by atoms with van der Waals surface area (Å²) in [6.07, 6.45) is 1.80. The molecule has 1 saturated carbocycles. The summed E-state index contributed by atoms with van der Waals surface area (Å²) >= 11 is 1.46. The van der Waals surface area contributed by atoms with E-state index in [0.717, 1.165) is 29.4 Å². The van der Waals surface area contributed by atoms with Crippen LogP contribution in [0.4, 0.5) is 5.13 Å². The average Bonchev–Trinajstić information content (AvgIpc) is 3.10. The number of ether oxygens (including phenoxy) is 1. The summed E-state index contributed by atoms with van der Waals surface area (Å²) in [4.78, 5) is 19.6. The molecule has 142 valence electrons. The molecule has 2 heterocycles. The van der Waals surface area contributed by atoms with Crippen LogP contribution >= 0.6 is 11.3 Å². The number of hydrogen-bond acceptors (Lipinski definition) is 6. The van der Waals surface area contributed by atoms with Crippen molar-refractivity contribution < 1.29 is 4.74 Å². The van der Waals surface area contributed by atoms with Gasteiger partial charge in [0.05, 0.1) is 0 Å². The number of para-hydroxylation sites is 1. The van der Waals surface area contributed by atoms with Crippen molar-refractivity contribution in [3.63, 3.8) is 0 Å². The average molecular weight is 385 g/mol. The van der Waals surface area contributed by atoms with E-state index in [1.165, 1.54) is 15.9 Å².